The van der Waals surface area contributed by atoms with E-state index in [1.54, 1.807) is 43.5 Å². The molecule has 0 aromatic carbocycles. The molecule has 0 saturated carbocycles. The number of anilines is 1. The largest absolute Gasteiger partial charge is 0.373 e. The van der Waals surface area contributed by atoms with Crippen molar-refractivity contribution in [2.75, 3.05) is 19.4 Å². The van der Waals surface area contributed by atoms with E-state index in [1.807, 2.05) is 18.2 Å². The highest BCUT2D eigenvalue weighted by molar-refractivity contribution is 5.93. The van der Waals surface area contributed by atoms with Crippen molar-refractivity contribution in [3.8, 4) is 0 Å². The van der Waals surface area contributed by atoms with Gasteiger partial charge in [0.25, 0.3) is 5.91 Å². The number of pyridine rings is 2. The first-order valence-corrected chi connectivity index (χ1v) is 6.00. The minimum Gasteiger partial charge on any atom is -0.373 e. The molecule has 0 unspecified atom stereocenters. The summed E-state index contributed by atoms with van der Waals surface area (Å²) < 4.78 is 0. The van der Waals surface area contributed by atoms with Crippen molar-refractivity contribution in [2.24, 2.45) is 0 Å². The molecule has 0 spiro atoms. The maximum atomic E-state index is 12.2. The highest BCUT2D eigenvalue weighted by Gasteiger charge is 2.12. The van der Waals surface area contributed by atoms with Gasteiger partial charge < -0.3 is 10.2 Å². The normalized spacial score (nSPS) is 10.0. The summed E-state index contributed by atoms with van der Waals surface area (Å²) in [6.45, 7) is 0.480. The maximum absolute atomic E-state index is 12.2. The van der Waals surface area contributed by atoms with Crippen molar-refractivity contribution in [3.05, 3.63) is 54.0 Å². The molecule has 1 N–H and O–H groups in total. The van der Waals surface area contributed by atoms with Gasteiger partial charge >= 0.3 is 0 Å². The van der Waals surface area contributed by atoms with Crippen molar-refractivity contribution in [1.29, 1.82) is 0 Å². The lowest BCUT2D eigenvalue weighted by Crippen LogP contribution is -2.26. The number of aromatic nitrogens is 2. The lowest BCUT2D eigenvalue weighted by atomic mass is 10.2. The van der Waals surface area contributed by atoms with E-state index in [4.69, 9.17) is 0 Å². The number of hydrogen-bond donors (Lipinski definition) is 1. The van der Waals surface area contributed by atoms with Crippen LogP contribution in [0, 0.1) is 0 Å². The van der Waals surface area contributed by atoms with Crippen LogP contribution in [0.5, 0.6) is 0 Å². The molecule has 19 heavy (non-hydrogen) atoms. The van der Waals surface area contributed by atoms with Gasteiger partial charge in [-0.1, -0.05) is 6.07 Å². The highest BCUT2D eigenvalue weighted by Crippen LogP contribution is 2.08. The second-order valence-corrected chi connectivity index (χ2v) is 4.16. The lowest BCUT2D eigenvalue weighted by Gasteiger charge is -2.16. The summed E-state index contributed by atoms with van der Waals surface area (Å²) in [5, 5.41) is 2.92. The van der Waals surface area contributed by atoms with Gasteiger partial charge in [0, 0.05) is 26.5 Å². The summed E-state index contributed by atoms with van der Waals surface area (Å²) in [7, 11) is 3.54. The molecule has 0 atom stereocenters. The summed E-state index contributed by atoms with van der Waals surface area (Å²) >= 11 is 0. The Kier molecular flexibility index (Phi) is 4.07. The van der Waals surface area contributed by atoms with E-state index >= 15 is 0 Å². The first kappa shape index (κ1) is 13.0. The van der Waals surface area contributed by atoms with Crippen LogP contribution in [0.1, 0.15) is 16.1 Å². The third-order valence-corrected chi connectivity index (χ3v) is 2.74. The lowest BCUT2D eigenvalue weighted by molar-refractivity contribution is 0.0783. The first-order chi connectivity index (χ1) is 9.20. The van der Waals surface area contributed by atoms with E-state index in [2.05, 4.69) is 15.3 Å². The zero-order valence-corrected chi connectivity index (χ0v) is 11.0. The molecular weight excluding hydrogens is 240 g/mol. The third kappa shape index (κ3) is 3.28. The van der Waals surface area contributed by atoms with E-state index in [9.17, 15) is 4.79 Å². The van der Waals surface area contributed by atoms with Gasteiger partial charge in [0.15, 0.2) is 0 Å². The number of hydrogen-bond acceptors (Lipinski definition) is 4. The summed E-state index contributed by atoms with van der Waals surface area (Å²) in [5.41, 5.74) is 1.43. The predicted octanol–water partition coefficient (Wildman–Crippen LogP) is 1.79. The molecule has 0 bridgehead atoms. The molecule has 0 saturated heterocycles. The van der Waals surface area contributed by atoms with Crippen molar-refractivity contribution in [1.82, 2.24) is 14.9 Å². The summed E-state index contributed by atoms with van der Waals surface area (Å²) in [4.78, 5) is 22.1. The van der Waals surface area contributed by atoms with Gasteiger partial charge in [-0.25, -0.2) is 4.98 Å². The van der Waals surface area contributed by atoms with Crippen molar-refractivity contribution < 1.29 is 4.79 Å². The first-order valence-electron chi connectivity index (χ1n) is 6.00. The fraction of sp³-hybridized carbons (Fsp3) is 0.214. The van der Waals surface area contributed by atoms with E-state index in [-0.39, 0.29) is 5.91 Å². The molecule has 0 aliphatic heterocycles. The van der Waals surface area contributed by atoms with Gasteiger partial charge in [-0.15, -0.1) is 0 Å². The Bertz CT molecular complexity index is 539. The Morgan fingerprint density at radius 2 is 2.11 bits per heavy atom. The number of carbonyl (C=O) groups is 1. The second kappa shape index (κ2) is 5.95. The monoisotopic (exact) mass is 256 g/mol. The molecule has 5 nitrogen and oxygen atoms in total. The van der Waals surface area contributed by atoms with Crippen LogP contribution in [0.15, 0.2) is 42.7 Å². The maximum Gasteiger partial charge on any atom is 0.255 e. The van der Waals surface area contributed by atoms with Crippen LogP contribution in [0.25, 0.3) is 0 Å². The highest BCUT2D eigenvalue weighted by atomic mass is 16.2. The van der Waals surface area contributed by atoms with Crippen molar-refractivity contribution in [3.63, 3.8) is 0 Å². The molecule has 0 radical (unpaired) electrons. The Morgan fingerprint density at radius 1 is 1.26 bits per heavy atom. The zero-order chi connectivity index (χ0) is 13.7. The standard InChI is InChI=1S/C14H16N4O/c1-15-13-7-6-11(9-17-13)14(19)18(2)10-12-5-3-4-8-16-12/h3-9H,10H2,1-2H3,(H,15,17). The summed E-state index contributed by atoms with van der Waals surface area (Å²) in [6.07, 6.45) is 3.29. The molecule has 2 rings (SSSR count). The molecule has 1 amide bonds. The van der Waals surface area contributed by atoms with Gasteiger partial charge in [-0.05, 0) is 24.3 Å². The Morgan fingerprint density at radius 3 is 2.68 bits per heavy atom. The molecular formula is C14H16N4O. The molecule has 98 valence electrons. The Hall–Kier alpha value is -2.43. The van der Waals surface area contributed by atoms with Gasteiger partial charge in [0.05, 0.1) is 17.8 Å². The van der Waals surface area contributed by atoms with Crippen molar-refractivity contribution in [2.45, 2.75) is 6.54 Å². The Balaban J connectivity index is 2.06. The number of rotatable bonds is 4. The fourth-order valence-electron chi connectivity index (χ4n) is 1.70. The minimum atomic E-state index is -0.0687. The zero-order valence-electron chi connectivity index (χ0n) is 11.0. The second-order valence-electron chi connectivity index (χ2n) is 4.16. The summed E-state index contributed by atoms with van der Waals surface area (Å²) in [6, 6.07) is 9.19. The quantitative estimate of drug-likeness (QED) is 0.906. The predicted molar refractivity (Wildman–Crippen MR) is 73.8 cm³/mol. The number of nitrogens with zero attached hydrogens (tertiary/aromatic N) is 3. The van der Waals surface area contributed by atoms with E-state index < -0.39 is 0 Å². The van der Waals surface area contributed by atoms with Crippen LogP contribution in [0.4, 0.5) is 5.82 Å². The molecule has 2 aromatic heterocycles. The molecule has 5 heteroatoms. The van der Waals surface area contributed by atoms with Crippen LogP contribution in [-0.4, -0.2) is 34.9 Å². The average molecular weight is 256 g/mol. The van der Waals surface area contributed by atoms with Gasteiger partial charge in [-0.2, -0.15) is 0 Å². The molecule has 0 fully saturated rings. The number of nitrogens with one attached hydrogen (secondary N) is 1. The van der Waals surface area contributed by atoms with Gasteiger partial charge in [0.2, 0.25) is 0 Å². The fourth-order valence-corrected chi connectivity index (χ4v) is 1.70. The molecule has 0 aliphatic rings. The average Bonchev–Trinajstić information content (AvgIpc) is 2.47. The minimum absolute atomic E-state index is 0.0687. The van der Waals surface area contributed by atoms with Crippen LogP contribution < -0.4 is 5.32 Å². The summed E-state index contributed by atoms with van der Waals surface area (Å²) in [5.74, 6) is 0.671. The van der Waals surface area contributed by atoms with Crippen LogP contribution in [-0.2, 0) is 6.54 Å². The molecule has 0 aliphatic carbocycles. The van der Waals surface area contributed by atoms with Crippen LogP contribution in [0.2, 0.25) is 0 Å². The topological polar surface area (TPSA) is 58.1 Å². The number of amides is 1. The van der Waals surface area contributed by atoms with Crippen LogP contribution >= 0.6 is 0 Å². The molecule has 2 heterocycles. The SMILES string of the molecule is CNc1ccc(C(=O)N(C)Cc2ccccn2)cn1. The van der Waals surface area contributed by atoms with Gasteiger partial charge in [0.1, 0.15) is 5.82 Å². The van der Waals surface area contributed by atoms with E-state index in [0.29, 0.717) is 12.1 Å². The van der Waals surface area contributed by atoms with E-state index in [1.165, 1.54) is 0 Å². The Labute approximate surface area is 112 Å². The smallest absolute Gasteiger partial charge is 0.255 e. The number of carbonyl (C=O) groups excluding carboxylic acids is 1. The third-order valence-electron chi connectivity index (χ3n) is 2.74. The van der Waals surface area contributed by atoms with Crippen LogP contribution in [0.3, 0.4) is 0 Å². The van der Waals surface area contributed by atoms with E-state index in [0.717, 1.165) is 11.5 Å². The molecule has 2 aromatic rings. The van der Waals surface area contributed by atoms with Crippen molar-refractivity contribution >= 4 is 11.7 Å². The van der Waals surface area contributed by atoms with Gasteiger partial charge in [-0.3, -0.25) is 9.78 Å².